The van der Waals surface area contributed by atoms with E-state index in [2.05, 4.69) is 5.16 Å². The van der Waals surface area contributed by atoms with Crippen molar-refractivity contribution in [2.45, 2.75) is 32.7 Å². The van der Waals surface area contributed by atoms with Gasteiger partial charge in [-0.15, -0.1) is 0 Å². The van der Waals surface area contributed by atoms with E-state index in [0.717, 1.165) is 0 Å². The van der Waals surface area contributed by atoms with Crippen molar-refractivity contribution < 1.29 is 19.2 Å². The lowest BCUT2D eigenvalue weighted by molar-refractivity contribution is -0.137. The van der Waals surface area contributed by atoms with Crippen LogP contribution in [0.15, 0.2) is 10.7 Å². The van der Waals surface area contributed by atoms with E-state index < -0.39 is 5.97 Å². The first-order chi connectivity index (χ1) is 7.97. The highest BCUT2D eigenvalue weighted by Gasteiger charge is 2.23. The molecule has 6 heteroatoms. The van der Waals surface area contributed by atoms with Gasteiger partial charge in [0, 0.05) is 19.5 Å². The molecule has 1 aromatic rings. The number of carbonyl (C=O) groups is 2. The Morgan fingerprint density at radius 2 is 2.24 bits per heavy atom. The number of amides is 1. The average Bonchev–Trinajstić information content (AvgIpc) is 2.73. The fourth-order valence-electron chi connectivity index (χ4n) is 1.47. The maximum atomic E-state index is 12.0. The third-order valence-electron chi connectivity index (χ3n) is 2.65. The van der Waals surface area contributed by atoms with Crippen molar-refractivity contribution in [3.05, 3.63) is 17.5 Å². The van der Waals surface area contributed by atoms with Crippen molar-refractivity contribution >= 4 is 11.9 Å². The first-order valence-electron chi connectivity index (χ1n) is 5.39. The number of rotatable bonds is 5. The quantitative estimate of drug-likeness (QED) is 0.835. The normalized spacial score (nSPS) is 12.2. The summed E-state index contributed by atoms with van der Waals surface area (Å²) in [5, 5.41) is 12.3. The molecule has 1 atom stereocenters. The highest BCUT2D eigenvalue weighted by Crippen LogP contribution is 2.13. The highest BCUT2D eigenvalue weighted by atomic mass is 16.5. The highest BCUT2D eigenvalue weighted by molar-refractivity contribution is 5.95. The number of carboxylic acids is 1. The SMILES string of the molecule is CCc1oncc1C(=O)N(C)C(C)CC(=O)O. The fraction of sp³-hybridized carbons (Fsp3) is 0.545. The first kappa shape index (κ1) is 13.2. The summed E-state index contributed by atoms with van der Waals surface area (Å²) in [4.78, 5) is 24.0. The molecule has 0 saturated carbocycles. The number of carbonyl (C=O) groups excluding carboxylic acids is 1. The Morgan fingerprint density at radius 1 is 1.59 bits per heavy atom. The summed E-state index contributed by atoms with van der Waals surface area (Å²) < 4.78 is 4.93. The lowest BCUT2D eigenvalue weighted by atomic mass is 10.1. The Labute approximate surface area is 99.2 Å². The van der Waals surface area contributed by atoms with Crippen molar-refractivity contribution in [3.8, 4) is 0 Å². The molecule has 1 unspecified atom stereocenters. The molecule has 1 heterocycles. The van der Waals surface area contributed by atoms with Crippen LogP contribution >= 0.6 is 0 Å². The lowest BCUT2D eigenvalue weighted by Gasteiger charge is -2.23. The Hall–Kier alpha value is -1.85. The van der Waals surface area contributed by atoms with Gasteiger partial charge in [-0.25, -0.2) is 0 Å². The topological polar surface area (TPSA) is 83.6 Å². The third kappa shape index (κ3) is 3.05. The minimum Gasteiger partial charge on any atom is -0.481 e. The Bertz CT molecular complexity index is 413. The van der Waals surface area contributed by atoms with E-state index in [0.29, 0.717) is 17.7 Å². The van der Waals surface area contributed by atoms with E-state index in [1.165, 1.54) is 11.1 Å². The van der Waals surface area contributed by atoms with Gasteiger partial charge < -0.3 is 14.5 Å². The summed E-state index contributed by atoms with van der Waals surface area (Å²) in [5.41, 5.74) is 0.396. The summed E-state index contributed by atoms with van der Waals surface area (Å²) in [6.07, 6.45) is 1.85. The fourth-order valence-corrected chi connectivity index (χ4v) is 1.47. The molecular weight excluding hydrogens is 224 g/mol. The summed E-state index contributed by atoms with van der Waals surface area (Å²) in [6.45, 7) is 3.54. The van der Waals surface area contributed by atoms with E-state index >= 15 is 0 Å². The van der Waals surface area contributed by atoms with Crippen molar-refractivity contribution in [1.82, 2.24) is 10.1 Å². The Kier molecular flexibility index (Phi) is 4.25. The van der Waals surface area contributed by atoms with Gasteiger partial charge in [0.2, 0.25) is 0 Å². The summed E-state index contributed by atoms with van der Waals surface area (Å²) in [7, 11) is 1.57. The number of nitrogens with zero attached hydrogens (tertiary/aromatic N) is 2. The predicted octanol–water partition coefficient (Wildman–Crippen LogP) is 1.17. The van der Waals surface area contributed by atoms with Gasteiger partial charge in [0.25, 0.3) is 5.91 Å². The maximum Gasteiger partial charge on any atom is 0.305 e. The molecule has 1 N–H and O–H groups in total. The summed E-state index contributed by atoms with van der Waals surface area (Å²) >= 11 is 0. The molecule has 0 aliphatic carbocycles. The van der Waals surface area contributed by atoms with Crippen LogP contribution in [-0.2, 0) is 11.2 Å². The molecular formula is C11H16N2O4. The van der Waals surface area contributed by atoms with E-state index in [1.54, 1.807) is 14.0 Å². The van der Waals surface area contributed by atoms with Gasteiger partial charge in [-0.1, -0.05) is 12.1 Å². The molecule has 1 amide bonds. The molecule has 1 aromatic heterocycles. The number of aryl methyl sites for hydroxylation is 1. The molecule has 0 bridgehead atoms. The molecule has 94 valence electrons. The first-order valence-corrected chi connectivity index (χ1v) is 5.39. The number of aromatic nitrogens is 1. The van der Waals surface area contributed by atoms with Gasteiger partial charge in [0.05, 0.1) is 12.6 Å². The van der Waals surface area contributed by atoms with Crippen molar-refractivity contribution in [3.63, 3.8) is 0 Å². The largest absolute Gasteiger partial charge is 0.481 e. The van der Waals surface area contributed by atoms with Gasteiger partial charge in [-0.3, -0.25) is 9.59 Å². The minimum absolute atomic E-state index is 0.0883. The standard InChI is InChI=1S/C11H16N2O4/c1-4-9-8(6-12-17-9)11(16)13(3)7(2)5-10(14)15/h6-7H,4-5H2,1-3H3,(H,14,15). The molecule has 17 heavy (non-hydrogen) atoms. The van der Waals surface area contributed by atoms with E-state index in [9.17, 15) is 9.59 Å². The molecule has 0 aliphatic rings. The van der Waals surface area contributed by atoms with Gasteiger partial charge in [-0.05, 0) is 6.92 Å². The van der Waals surface area contributed by atoms with Crippen LogP contribution in [0.1, 0.15) is 36.4 Å². The van der Waals surface area contributed by atoms with Gasteiger partial charge in [0.15, 0.2) is 0 Å². The van der Waals surface area contributed by atoms with E-state index in [1.807, 2.05) is 6.92 Å². The molecule has 0 radical (unpaired) electrons. The second-order valence-electron chi connectivity index (χ2n) is 3.88. The minimum atomic E-state index is -0.932. The monoisotopic (exact) mass is 240 g/mol. The second kappa shape index (κ2) is 5.47. The maximum absolute atomic E-state index is 12.0. The number of hydrogen-bond acceptors (Lipinski definition) is 4. The van der Waals surface area contributed by atoms with Crippen LogP contribution in [0.25, 0.3) is 0 Å². The van der Waals surface area contributed by atoms with Gasteiger partial charge >= 0.3 is 5.97 Å². The zero-order valence-electron chi connectivity index (χ0n) is 10.1. The number of hydrogen-bond donors (Lipinski definition) is 1. The summed E-state index contributed by atoms with van der Waals surface area (Å²) in [5.74, 6) is -0.681. The van der Waals surface area contributed by atoms with Crippen LogP contribution in [0.2, 0.25) is 0 Å². The van der Waals surface area contributed by atoms with Crippen molar-refractivity contribution in [2.75, 3.05) is 7.05 Å². The molecule has 1 rings (SSSR count). The lowest BCUT2D eigenvalue weighted by Crippen LogP contribution is -2.36. The predicted molar refractivity (Wildman–Crippen MR) is 59.7 cm³/mol. The van der Waals surface area contributed by atoms with Crippen LogP contribution in [0, 0.1) is 0 Å². The van der Waals surface area contributed by atoms with E-state index in [4.69, 9.17) is 9.63 Å². The van der Waals surface area contributed by atoms with Gasteiger partial charge in [0.1, 0.15) is 11.3 Å². The third-order valence-corrected chi connectivity index (χ3v) is 2.65. The molecule has 0 aliphatic heterocycles. The Balaban J connectivity index is 2.79. The van der Waals surface area contributed by atoms with Crippen LogP contribution in [0.5, 0.6) is 0 Å². The molecule has 0 saturated heterocycles. The van der Waals surface area contributed by atoms with Gasteiger partial charge in [-0.2, -0.15) is 0 Å². The second-order valence-corrected chi connectivity index (χ2v) is 3.88. The van der Waals surface area contributed by atoms with Crippen LogP contribution < -0.4 is 0 Å². The number of carboxylic acid groups (broad SMARTS) is 1. The van der Waals surface area contributed by atoms with Crippen molar-refractivity contribution in [2.24, 2.45) is 0 Å². The van der Waals surface area contributed by atoms with Crippen LogP contribution in [0.4, 0.5) is 0 Å². The van der Waals surface area contributed by atoms with E-state index in [-0.39, 0.29) is 18.4 Å². The molecule has 6 nitrogen and oxygen atoms in total. The average molecular weight is 240 g/mol. The molecule has 0 fully saturated rings. The van der Waals surface area contributed by atoms with Crippen molar-refractivity contribution in [1.29, 1.82) is 0 Å². The zero-order valence-corrected chi connectivity index (χ0v) is 10.1. The molecule has 0 aromatic carbocycles. The zero-order chi connectivity index (χ0) is 13.0. The summed E-state index contributed by atoms with van der Waals surface area (Å²) in [6, 6.07) is -0.375. The number of aliphatic carboxylic acids is 1. The van der Waals surface area contributed by atoms with Crippen LogP contribution in [-0.4, -0.2) is 40.1 Å². The van der Waals surface area contributed by atoms with Crippen LogP contribution in [0.3, 0.4) is 0 Å². The Morgan fingerprint density at radius 3 is 2.76 bits per heavy atom. The smallest absolute Gasteiger partial charge is 0.305 e. The molecule has 0 spiro atoms.